The summed E-state index contributed by atoms with van der Waals surface area (Å²) in [6.07, 6.45) is 0. The number of alkyl halides is 1. The molecule has 0 aliphatic carbocycles. The fourth-order valence-electron chi connectivity index (χ4n) is 0.287. The minimum atomic E-state index is 0.498. The lowest BCUT2D eigenvalue weighted by atomic mass is 10.6. The fourth-order valence-corrected chi connectivity index (χ4v) is 0.646. The predicted octanol–water partition coefficient (Wildman–Crippen LogP) is 0.956. The van der Waals surface area contributed by atoms with Gasteiger partial charge in [-0.2, -0.15) is 0 Å². The average molecular weight is 229 g/mol. The molecule has 0 aliphatic rings. The third-order valence-electron chi connectivity index (χ3n) is 0.865. The average Bonchev–Trinajstić information content (AvgIpc) is 1.67. The lowest BCUT2D eigenvalue weighted by Gasteiger charge is -2.15. The van der Waals surface area contributed by atoms with Gasteiger partial charge in [0.1, 0.15) is 0 Å². The number of likely N-dealkylation sites (N-methyl/N-ethyl adjacent to an activating group) is 1. The molecule has 0 saturated carbocycles. The van der Waals surface area contributed by atoms with Gasteiger partial charge < -0.3 is 4.74 Å². The molecule has 0 amide bonds. The second-order valence-corrected chi connectivity index (χ2v) is 3.29. The van der Waals surface area contributed by atoms with Crippen molar-refractivity contribution in [1.29, 1.82) is 0 Å². The first-order valence-corrected chi connectivity index (χ1v) is 3.72. The van der Waals surface area contributed by atoms with E-state index in [1.54, 1.807) is 7.11 Å². The number of ether oxygens (including phenoxy) is 1. The second kappa shape index (κ2) is 4.52. The highest BCUT2D eigenvalue weighted by Gasteiger charge is 2.02. The predicted molar refractivity (Wildman–Crippen MR) is 43.4 cm³/mol. The van der Waals surface area contributed by atoms with Gasteiger partial charge in [-0.3, -0.25) is 4.90 Å². The Bertz CT molecular complexity index is 58.4. The molecule has 0 aromatic rings. The van der Waals surface area contributed by atoms with E-state index < -0.39 is 0 Å². The Kier molecular flexibility index (Phi) is 4.89. The van der Waals surface area contributed by atoms with Crippen molar-refractivity contribution in [3.63, 3.8) is 0 Å². The van der Waals surface area contributed by atoms with Gasteiger partial charge in [-0.05, 0) is 14.1 Å². The van der Waals surface area contributed by atoms with Crippen LogP contribution in [0.3, 0.4) is 0 Å². The monoisotopic (exact) mass is 229 g/mol. The molecule has 0 bridgehead atoms. The van der Waals surface area contributed by atoms with Gasteiger partial charge in [0.2, 0.25) is 0 Å². The van der Waals surface area contributed by atoms with Gasteiger partial charge >= 0.3 is 0 Å². The molecule has 0 aliphatic heterocycles. The van der Waals surface area contributed by atoms with Crippen molar-refractivity contribution in [1.82, 2.24) is 4.90 Å². The largest absolute Gasteiger partial charge is 0.382 e. The third kappa shape index (κ3) is 3.63. The molecule has 1 atom stereocenters. The zero-order valence-electron chi connectivity index (χ0n) is 5.52. The topological polar surface area (TPSA) is 12.5 Å². The normalized spacial score (nSPS) is 14.6. The van der Waals surface area contributed by atoms with Crippen LogP contribution in [-0.2, 0) is 4.74 Å². The maximum atomic E-state index is 4.92. The summed E-state index contributed by atoms with van der Waals surface area (Å²) in [4.78, 5) is 2.12. The van der Waals surface area contributed by atoms with Crippen molar-refractivity contribution in [2.75, 3.05) is 27.8 Å². The zero-order chi connectivity index (χ0) is 6.57. The molecule has 0 radical (unpaired) electrons. The summed E-state index contributed by atoms with van der Waals surface area (Å²) >= 11 is 2.33. The van der Waals surface area contributed by atoms with Gasteiger partial charge in [0.05, 0.1) is 10.7 Å². The Morgan fingerprint density at radius 3 is 2.25 bits per heavy atom. The second-order valence-electron chi connectivity index (χ2n) is 1.85. The van der Waals surface area contributed by atoms with Gasteiger partial charge in [0.25, 0.3) is 0 Å². The molecule has 0 rings (SSSR count). The maximum Gasteiger partial charge on any atom is 0.0850 e. The van der Waals surface area contributed by atoms with E-state index in [9.17, 15) is 0 Å². The van der Waals surface area contributed by atoms with Crippen LogP contribution in [0.25, 0.3) is 0 Å². The molecular weight excluding hydrogens is 217 g/mol. The van der Waals surface area contributed by atoms with Crippen molar-refractivity contribution >= 4 is 22.6 Å². The van der Waals surface area contributed by atoms with E-state index in [0.29, 0.717) is 4.05 Å². The van der Waals surface area contributed by atoms with E-state index in [0.717, 1.165) is 6.61 Å². The highest BCUT2D eigenvalue weighted by Crippen LogP contribution is 2.01. The van der Waals surface area contributed by atoms with Crippen molar-refractivity contribution < 1.29 is 4.74 Å². The first-order chi connectivity index (χ1) is 3.68. The lowest BCUT2D eigenvalue weighted by Crippen LogP contribution is -2.25. The molecule has 0 saturated heterocycles. The van der Waals surface area contributed by atoms with E-state index >= 15 is 0 Å². The quantitative estimate of drug-likeness (QED) is 0.406. The van der Waals surface area contributed by atoms with Gasteiger partial charge in [-0.25, -0.2) is 0 Å². The van der Waals surface area contributed by atoms with Crippen LogP contribution in [0.1, 0.15) is 0 Å². The van der Waals surface area contributed by atoms with Gasteiger partial charge in [-0.1, -0.05) is 22.6 Å². The molecule has 0 aromatic carbocycles. The molecule has 0 heterocycles. The molecule has 0 fully saturated rings. The molecule has 0 unspecified atom stereocenters. The summed E-state index contributed by atoms with van der Waals surface area (Å²) in [6, 6.07) is 0. The number of rotatable bonds is 3. The van der Waals surface area contributed by atoms with Gasteiger partial charge in [0.15, 0.2) is 0 Å². The third-order valence-corrected chi connectivity index (χ3v) is 2.34. The van der Waals surface area contributed by atoms with E-state index in [2.05, 4.69) is 27.5 Å². The van der Waals surface area contributed by atoms with E-state index in [1.807, 2.05) is 14.1 Å². The van der Waals surface area contributed by atoms with Crippen molar-refractivity contribution in [3.05, 3.63) is 0 Å². The Balaban J connectivity index is 3.17. The molecule has 2 nitrogen and oxygen atoms in total. The standard InChI is InChI=1S/C5H12INO/c1-7(2)5(6)4-8-3/h5H,4H2,1-3H3/t5-/m0/s1. The molecular formula is C5H12INO. The maximum absolute atomic E-state index is 4.92. The molecule has 50 valence electrons. The molecule has 8 heavy (non-hydrogen) atoms. The number of halogens is 1. The van der Waals surface area contributed by atoms with Gasteiger partial charge in [0, 0.05) is 7.11 Å². The summed E-state index contributed by atoms with van der Waals surface area (Å²) in [5.41, 5.74) is 0. The summed E-state index contributed by atoms with van der Waals surface area (Å²) in [6.45, 7) is 0.799. The minimum absolute atomic E-state index is 0.498. The van der Waals surface area contributed by atoms with E-state index in [-0.39, 0.29) is 0 Å². The van der Waals surface area contributed by atoms with Gasteiger partial charge in [-0.15, -0.1) is 0 Å². The Hall–Kier alpha value is 0.650. The highest BCUT2D eigenvalue weighted by molar-refractivity contribution is 14.1. The molecule has 3 heteroatoms. The minimum Gasteiger partial charge on any atom is -0.382 e. The molecule has 0 N–H and O–H groups in total. The van der Waals surface area contributed by atoms with Crippen molar-refractivity contribution in [2.45, 2.75) is 4.05 Å². The number of hydrogen-bond acceptors (Lipinski definition) is 2. The van der Waals surface area contributed by atoms with Crippen LogP contribution in [-0.4, -0.2) is 36.8 Å². The summed E-state index contributed by atoms with van der Waals surface area (Å²) in [7, 11) is 5.79. The molecule has 0 aromatic heterocycles. The smallest absolute Gasteiger partial charge is 0.0850 e. The number of hydrogen-bond donors (Lipinski definition) is 0. The summed E-state index contributed by atoms with van der Waals surface area (Å²) in [5, 5.41) is 0. The van der Waals surface area contributed by atoms with Crippen molar-refractivity contribution in [3.8, 4) is 0 Å². The molecule has 0 spiro atoms. The van der Waals surface area contributed by atoms with Crippen molar-refractivity contribution in [2.24, 2.45) is 0 Å². The first kappa shape index (κ1) is 8.65. The van der Waals surface area contributed by atoms with Crippen LogP contribution < -0.4 is 0 Å². The fraction of sp³-hybridized carbons (Fsp3) is 1.00. The Morgan fingerprint density at radius 1 is 1.62 bits per heavy atom. The van der Waals surface area contributed by atoms with Crippen LogP contribution in [0.4, 0.5) is 0 Å². The van der Waals surface area contributed by atoms with Crippen LogP contribution in [0.5, 0.6) is 0 Å². The number of methoxy groups -OCH3 is 1. The Labute approximate surface area is 64.3 Å². The zero-order valence-corrected chi connectivity index (χ0v) is 7.68. The van der Waals surface area contributed by atoms with Crippen LogP contribution in [0.2, 0.25) is 0 Å². The van der Waals surface area contributed by atoms with Crippen LogP contribution in [0, 0.1) is 0 Å². The Morgan fingerprint density at radius 2 is 2.12 bits per heavy atom. The van der Waals surface area contributed by atoms with E-state index in [4.69, 9.17) is 4.74 Å². The van der Waals surface area contributed by atoms with Crippen LogP contribution in [0.15, 0.2) is 0 Å². The SMILES string of the molecule is COC[C@@H](I)N(C)C. The number of nitrogens with zero attached hydrogens (tertiary/aromatic N) is 1. The van der Waals surface area contributed by atoms with Crippen LogP contribution >= 0.6 is 22.6 Å². The first-order valence-electron chi connectivity index (χ1n) is 2.48. The van der Waals surface area contributed by atoms with E-state index in [1.165, 1.54) is 0 Å². The lowest BCUT2D eigenvalue weighted by molar-refractivity contribution is 0.164. The summed E-state index contributed by atoms with van der Waals surface area (Å²) < 4.78 is 5.41. The summed E-state index contributed by atoms with van der Waals surface area (Å²) in [5.74, 6) is 0. The highest BCUT2D eigenvalue weighted by atomic mass is 127.